The fraction of sp³-hybridized carbons (Fsp3) is 0.476. The lowest BCUT2D eigenvalue weighted by atomic mass is 9.73. The van der Waals surface area contributed by atoms with E-state index in [1.54, 1.807) is 0 Å². The molecule has 3 heterocycles. The van der Waals surface area contributed by atoms with Crippen LogP contribution in [0.4, 0.5) is 5.95 Å². The lowest BCUT2D eigenvalue weighted by molar-refractivity contribution is -0.131. The summed E-state index contributed by atoms with van der Waals surface area (Å²) in [7, 11) is 0. The Bertz CT molecular complexity index is 766. The number of nitrogens with zero attached hydrogens (tertiary/aromatic N) is 4. The number of benzene rings is 1. The highest BCUT2D eigenvalue weighted by molar-refractivity contribution is 5.82. The van der Waals surface area contributed by atoms with E-state index in [9.17, 15) is 4.79 Å². The van der Waals surface area contributed by atoms with Gasteiger partial charge in [-0.3, -0.25) is 4.79 Å². The van der Waals surface area contributed by atoms with Gasteiger partial charge in [-0.2, -0.15) is 0 Å². The minimum absolute atomic E-state index is 0.0750. The van der Waals surface area contributed by atoms with E-state index in [4.69, 9.17) is 0 Å². The van der Waals surface area contributed by atoms with Gasteiger partial charge in [-0.1, -0.05) is 30.3 Å². The maximum absolute atomic E-state index is 12.7. The minimum Gasteiger partial charge on any atom is -0.341 e. The number of likely N-dealkylation sites (tertiary alicyclic amines) is 1. The van der Waals surface area contributed by atoms with Gasteiger partial charge in [0.1, 0.15) is 0 Å². The van der Waals surface area contributed by atoms with Crippen LogP contribution in [0.2, 0.25) is 0 Å². The second-order valence-corrected chi connectivity index (χ2v) is 7.46. The number of carbonyl (C=O) groups is 1. The van der Waals surface area contributed by atoms with E-state index in [0.717, 1.165) is 44.0 Å². The van der Waals surface area contributed by atoms with Crippen molar-refractivity contribution < 1.29 is 4.79 Å². The van der Waals surface area contributed by atoms with Gasteiger partial charge in [0.25, 0.3) is 0 Å². The molecule has 5 heteroatoms. The molecule has 0 bridgehead atoms. The summed E-state index contributed by atoms with van der Waals surface area (Å²) in [5.74, 6) is 1.37. The minimum atomic E-state index is -0.0750. The Labute approximate surface area is 155 Å². The normalized spacial score (nSPS) is 22.2. The van der Waals surface area contributed by atoms with Gasteiger partial charge >= 0.3 is 0 Å². The van der Waals surface area contributed by atoms with Gasteiger partial charge in [0.15, 0.2) is 0 Å². The Morgan fingerprint density at radius 3 is 2.38 bits per heavy atom. The van der Waals surface area contributed by atoms with Crippen molar-refractivity contribution >= 4 is 11.9 Å². The molecule has 0 unspecified atom stereocenters. The highest BCUT2D eigenvalue weighted by atomic mass is 16.2. The quantitative estimate of drug-likeness (QED) is 0.853. The van der Waals surface area contributed by atoms with Crippen molar-refractivity contribution in [2.45, 2.75) is 44.6 Å². The van der Waals surface area contributed by atoms with Crippen molar-refractivity contribution in [2.24, 2.45) is 0 Å². The molecule has 2 aliphatic heterocycles. The van der Waals surface area contributed by atoms with Crippen LogP contribution in [0.3, 0.4) is 0 Å². The van der Waals surface area contributed by atoms with Crippen LogP contribution in [0.15, 0.2) is 42.7 Å². The van der Waals surface area contributed by atoms with Crippen LogP contribution in [0.5, 0.6) is 0 Å². The molecule has 0 aliphatic carbocycles. The number of hydrogen-bond acceptors (Lipinski definition) is 4. The summed E-state index contributed by atoms with van der Waals surface area (Å²) in [6.07, 6.45) is 6.29. The summed E-state index contributed by atoms with van der Waals surface area (Å²) in [6.45, 7) is 6.65. The predicted molar refractivity (Wildman–Crippen MR) is 102 cm³/mol. The molecule has 0 radical (unpaired) electrons. The lowest BCUT2D eigenvalue weighted by Gasteiger charge is -2.47. The summed E-state index contributed by atoms with van der Waals surface area (Å²) < 4.78 is 0. The second kappa shape index (κ2) is 6.71. The number of aryl methyl sites for hydroxylation is 1. The molecule has 1 aromatic carbocycles. The first-order valence-electron chi connectivity index (χ1n) is 9.53. The topological polar surface area (TPSA) is 49.3 Å². The summed E-state index contributed by atoms with van der Waals surface area (Å²) >= 11 is 0. The van der Waals surface area contributed by atoms with E-state index >= 15 is 0 Å². The number of hydrogen-bond donors (Lipinski definition) is 0. The molecular weight excluding hydrogens is 324 g/mol. The molecule has 26 heavy (non-hydrogen) atoms. The molecule has 2 saturated heterocycles. The molecule has 1 spiro atoms. The largest absolute Gasteiger partial charge is 0.341 e. The first-order chi connectivity index (χ1) is 12.6. The molecule has 0 saturated carbocycles. The Morgan fingerprint density at radius 2 is 1.77 bits per heavy atom. The highest BCUT2D eigenvalue weighted by Gasteiger charge is 2.53. The first kappa shape index (κ1) is 17.0. The van der Waals surface area contributed by atoms with Gasteiger partial charge < -0.3 is 9.80 Å². The number of carbonyl (C=O) groups excluding carboxylic acids is 1. The SMILES string of the molecule is CCN1C(=O)C[C@H](c2ccccc2)C12CCN(c1ncc(C)cn1)CC2. The molecule has 1 amide bonds. The maximum atomic E-state index is 12.7. The van der Waals surface area contributed by atoms with E-state index < -0.39 is 0 Å². The molecule has 2 fully saturated rings. The number of anilines is 1. The average molecular weight is 350 g/mol. The number of aromatic nitrogens is 2. The van der Waals surface area contributed by atoms with Crippen molar-refractivity contribution in [3.63, 3.8) is 0 Å². The Balaban J connectivity index is 1.61. The van der Waals surface area contributed by atoms with Gasteiger partial charge in [0, 0.05) is 44.4 Å². The average Bonchev–Trinajstić information content (AvgIpc) is 2.95. The molecule has 1 atom stereocenters. The number of rotatable bonds is 3. The van der Waals surface area contributed by atoms with Gasteiger partial charge in [0.05, 0.1) is 5.54 Å². The fourth-order valence-electron chi connectivity index (χ4n) is 4.78. The monoisotopic (exact) mass is 350 g/mol. The van der Waals surface area contributed by atoms with E-state index in [0.29, 0.717) is 12.3 Å². The third kappa shape index (κ3) is 2.75. The van der Waals surface area contributed by atoms with Crippen molar-refractivity contribution in [1.82, 2.24) is 14.9 Å². The molecule has 0 N–H and O–H groups in total. The predicted octanol–water partition coefficient (Wildman–Crippen LogP) is 3.16. The van der Waals surface area contributed by atoms with E-state index in [1.807, 2.05) is 25.4 Å². The standard InChI is InChI=1S/C21H26N4O/c1-3-25-19(26)13-18(17-7-5-4-6-8-17)21(25)9-11-24(12-10-21)20-22-14-16(2)15-23-20/h4-8,14-15,18H,3,9-13H2,1-2H3/t18-/m1/s1. The van der Waals surface area contributed by atoms with Gasteiger partial charge in [0.2, 0.25) is 11.9 Å². The third-order valence-corrected chi connectivity index (χ3v) is 6.06. The summed E-state index contributed by atoms with van der Waals surface area (Å²) in [4.78, 5) is 26.1. The van der Waals surface area contributed by atoms with E-state index in [2.05, 4.69) is 51.0 Å². The zero-order chi connectivity index (χ0) is 18.1. The zero-order valence-corrected chi connectivity index (χ0v) is 15.6. The maximum Gasteiger partial charge on any atom is 0.225 e. The molecule has 136 valence electrons. The van der Waals surface area contributed by atoms with Crippen LogP contribution in [-0.2, 0) is 4.79 Å². The smallest absolute Gasteiger partial charge is 0.225 e. The van der Waals surface area contributed by atoms with Crippen LogP contribution < -0.4 is 4.90 Å². The molecule has 1 aromatic heterocycles. The Morgan fingerprint density at radius 1 is 1.12 bits per heavy atom. The summed E-state index contributed by atoms with van der Waals surface area (Å²) in [5.41, 5.74) is 2.29. The molecule has 4 rings (SSSR count). The Hall–Kier alpha value is -2.43. The van der Waals surface area contributed by atoms with Crippen LogP contribution in [0.25, 0.3) is 0 Å². The van der Waals surface area contributed by atoms with Crippen LogP contribution in [0.1, 0.15) is 43.2 Å². The summed E-state index contributed by atoms with van der Waals surface area (Å²) in [6, 6.07) is 10.6. The lowest BCUT2D eigenvalue weighted by Crippen LogP contribution is -2.55. The highest BCUT2D eigenvalue weighted by Crippen LogP contribution is 2.48. The van der Waals surface area contributed by atoms with Crippen LogP contribution >= 0.6 is 0 Å². The first-order valence-corrected chi connectivity index (χ1v) is 9.53. The van der Waals surface area contributed by atoms with E-state index in [-0.39, 0.29) is 11.5 Å². The molecular formula is C21H26N4O. The van der Waals surface area contributed by atoms with Crippen molar-refractivity contribution in [2.75, 3.05) is 24.5 Å². The van der Waals surface area contributed by atoms with Gasteiger partial charge in [-0.15, -0.1) is 0 Å². The number of piperidine rings is 1. The second-order valence-electron chi connectivity index (χ2n) is 7.46. The fourth-order valence-corrected chi connectivity index (χ4v) is 4.78. The summed E-state index contributed by atoms with van der Waals surface area (Å²) in [5, 5.41) is 0. The van der Waals surface area contributed by atoms with E-state index in [1.165, 1.54) is 5.56 Å². The van der Waals surface area contributed by atoms with Crippen molar-refractivity contribution in [3.05, 3.63) is 53.9 Å². The molecule has 2 aliphatic rings. The Kier molecular flexibility index (Phi) is 4.39. The molecule has 5 nitrogen and oxygen atoms in total. The van der Waals surface area contributed by atoms with Crippen molar-refractivity contribution in [1.29, 1.82) is 0 Å². The number of amides is 1. The third-order valence-electron chi connectivity index (χ3n) is 6.06. The van der Waals surface area contributed by atoms with Gasteiger partial charge in [-0.05, 0) is 37.8 Å². The van der Waals surface area contributed by atoms with Crippen LogP contribution in [-0.4, -0.2) is 45.9 Å². The zero-order valence-electron chi connectivity index (χ0n) is 15.6. The molecule has 2 aromatic rings. The number of likely N-dealkylation sites (N-methyl/N-ethyl adjacent to an activating group) is 1. The van der Waals surface area contributed by atoms with Crippen molar-refractivity contribution in [3.8, 4) is 0 Å². The van der Waals surface area contributed by atoms with Crippen LogP contribution in [0, 0.1) is 6.92 Å². The van der Waals surface area contributed by atoms with Gasteiger partial charge in [-0.25, -0.2) is 9.97 Å².